The predicted octanol–water partition coefficient (Wildman–Crippen LogP) is 3.75. The first-order valence-electron chi connectivity index (χ1n) is 8.65. The van der Waals surface area contributed by atoms with Crippen LogP contribution in [0, 0.1) is 0 Å². The molecule has 144 valence electrons. The largest absolute Gasteiger partial charge is 0.497 e. The number of aromatic carboxylic acids is 1. The minimum atomic E-state index is -0.988. The van der Waals surface area contributed by atoms with Gasteiger partial charge < -0.3 is 9.84 Å². The van der Waals surface area contributed by atoms with E-state index >= 15 is 0 Å². The lowest BCUT2D eigenvalue weighted by Crippen LogP contribution is -2.32. The van der Waals surface area contributed by atoms with Crippen LogP contribution in [0.25, 0.3) is 0 Å². The number of ether oxygens (including phenoxy) is 1. The molecule has 1 N–H and O–H groups in total. The van der Waals surface area contributed by atoms with Crippen molar-refractivity contribution >= 4 is 34.5 Å². The van der Waals surface area contributed by atoms with Gasteiger partial charge in [-0.25, -0.2) is 9.79 Å². The molecular formula is C21H20N2O4S. The number of hydrogen-bond donors (Lipinski definition) is 1. The molecule has 0 aliphatic carbocycles. The second-order valence-electron chi connectivity index (χ2n) is 6.14. The van der Waals surface area contributed by atoms with Crippen molar-refractivity contribution in [2.24, 2.45) is 4.99 Å². The van der Waals surface area contributed by atoms with Crippen molar-refractivity contribution in [3.8, 4) is 5.75 Å². The Hall–Kier alpha value is -3.06. The van der Waals surface area contributed by atoms with Crippen LogP contribution in [0.4, 0.5) is 5.69 Å². The number of carbonyl (C=O) groups excluding carboxylic acids is 1. The quantitative estimate of drug-likeness (QED) is 0.721. The molecule has 1 amide bonds. The molecule has 0 bridgehead atoms. The Kier molecular flexibility index (Phi) is 6.16. The van der Waals surface area contributed by atoms with E-state index in [1.54, 1.807) is 30.2 Å². The standard InChI is InChI=1S/C21H20N2O4S/c1-3-12-23-19(24)18(13-14-4-10-17(27-2)11-5-14)28-21(23)22-16-8-6-15(7-9-16)20(25)26/h3-11,18H,1,12-13H2,2H3,(H,25,26)/t18-/m1/s1. The van der Waals surface area contributed by atoms with E-state index in [9.17, 15) is 9.59 Å². The molecule has 1 fully saturated rings. The molecule has 7 heteroatoms. The van der Waals surface area contributed by atoms with Gasteiger partial charge in [-0.15, -0.1) is 6.58 Å². The number of aliphatic imine (C=N–C) groups is 1. The molecule has 2 aromatic rings. The van der Waals surface area contributed by atoms with Crippen molar-refractivity contribution < 1.29 is 19.4 Å². The molecule has 1 atom stereocenters. The van der Waals surface area contributed by atoms with E-state index < -0.39 is 5.97 Å². The lowest BCUT2D eigenvalue weighted by atomic mass is 10.1. The Labute approximate surface area is 167 Å². The average Bonchev–Trinajstić information content (AvgIpc) is 2.98. The predicted molar refractivity (Wildman–Crippen MR) is 110 cm³/mol. The van der Waals surface area contributed by atoms with Gasteiger partial charge in [0, 0.05) is 6.54 Å². The highest BCUT2D eigenvalue weighted by atomic mass is 32.2. The van der Waals surface area contributed by atoms with Gasteiger partial charge in [0.25, 0.3) is 0 Å². The van der Waals surface area contributed by atoms with Crippen LogP contribution >= 0.6 is 11.8 Å². The van der Waals surface area contributed by atoms with Crippen molar-refractivity contribution in [3.63, 3.8) is 0 Å². The van der Waals surface area contributed by atoms with Crippen molar-refractivity contribution in [2.45, 2.75) is 11.7 Å². The average molecular weight is 396 g/mol. The van der Waals surface area contributed by atoms with Crippen molar-refractivity contribution in [1.29, 1.82) is 0 Å². The fourth-order valence-corrected chi connectivity index (χ4v) is 4.00. The highest BCUT2D eigenvalue weighted by molar-refractivity contribution is 8.15. The molecule has 1 heterocycles. The number of carboxylic acid groups (broad SMARTS) is 1. The second kappa shape index (κ2) is 8.75. The zero-order valence-electron chi connectivity index (χ0n) is 15.4. The van der Waals surface area contributed by atoms with E-state index in [1.165, 1.54) is 23.9 Å². The molecule has 1 aliphatic heterocycles. The Morgan fingerprint density at radius 3 is 2.50 bits per heavy atom. The summed E-state index contributed by atoms with van der Waals surface area (Å²) < 4.78 is 5.17. The van der Waals surface area contributed by atoms with Crippen LogP contribution in [0.2, 0.25) is 0 Å². The smallest absolute Gasteiger partial charge is 0.335 e. The van der Waals surface area contributed by atoms with Crippen molar-refractivity contribution in [2.75, 3.05) is 13.7 Å². The van der Waals surface area contributed by atoms with Crippen LogP contribution in [0.3, 0.4) is 0 Å². The zero-order chi connectivity index (χ0) is 20.1. The zero-order valence-corrected chi connectivity index (χ0v) is 16.2. The van der Waals surface area contributed by atoms with E-state index in [0.717, 1.165) is 11.3 Å². The molecule has 0 unspecified atom stereocenters. The molecule has 0 saturated carbocycles. The van der Waals surface area contributed by atoms with Gasteiger partial charge in [0.05, 0.1) is 23.6 Å². The van der Waals surface area contributed by atoms with E-state index in [2.05, 4.69) is 11.6 Å². The van der Waals surface area contributed by atoms with Gasteiger partial charge >= 0.3 is 5.97 Å². The lowest BCUT2D eigenvalue weighted by Gasteiger charge is -2.14. The van der Waals surface area contributed by atoms with Gasteiger partial charge in [-0.1, -0.05) is 30.0 Å². The summed E-state index contributed by atoms with van der Waals surface area (Å²) in [6.07, 6.45) is 2.25. The number of methoxy groups -OCH3 is 1. The van der Waals surface area contributed by atoms with Gasteiger partial charge in [-0.2, -0.15) is 0 Å². The van der Waals surface area contributed by atoms with Crippen LogP contribution in [0.1, 0.15) is 15.9 Å². The summed E-state index contributed by atoms with van der Waals surface area (Å²) in [4.78, 5) is 30.0. The van der Waals surface area contributed by atoms with E-state index in [-0.39, 0.29) is 16.7 Å². The fourth-order valence-electron chi connectivity index (χ4n) is 2.79. The third-order valence-corrected chi connectivity index (χ3v) is 5.43. The third kappa shape index (κ3) is 4.43. The molecule has 0 radical (unpaired) electrons. The molecule has 1 saturated heterocycles. The van der Waals surface area contributed by atoms with Gasteiger partial charge in [0.1, 0.15) is 5.75 Å². The number of carbonyl (C=O) groups is 2. The molecule has 0 aromatic heterocycles. The summed E-state index contributed by atoms with van der Waals surface area (Å²) in [7, 11) is 1.62. The number of amidine groups is 1. The topological polar surface area (TPSA) is 79.2 Å². The van der Waals surface area contributed by atoms with Crippen LogP contribution in [-0.2, 0) is 11.2 Å². The van der Waals surface area contributed by atoms with Crippen molar-refractivity contribution in [3.05, 3.63) is 72.3 Å². The van der Waals surface area contributed by atoms with Gasteiger partial charge in [0.2, 0.25) is 5.91 Å². The monoisotopic (exact) mass is 396 g/mol. The number of amides is 1. The van der Waals surface area contributed by atoms with Crippen LogP contribution in [0.5, 0.6) is 5.75 Å². The Morgan fingerprint density at radius 2 is 1.93 bits per heavy atom. The molecular weight excluding hydrogens is 376 g/mol. The maximum absolute atomic E-state index is 12.8. The van der Waals surface area contributed by atoms with E-state index in [1.807, 2.05) is 24.3 Å². The number of hydrogen-bond acceptors (Lipinski definition) is 5. The molecule has 2 aromatic carbocycles. The Bertz CT molecular complexity index is 907. The number of rotatable bonds is 7. The highest BCUT2D eigenvalue weighted by Gasteiger charge is 2.37. The highest BCUT2D eigenvalue weighted by Crippen LogP contribution is 2.32. The van der Waals surface area contributed by atoms with Gasteiger partial charge in [-0.05, 0) is 48.4 Å². The fraction of sp³-hybridized carbons (Fsp3) is 0.190. The summed E-state index contributed by atoms with van der Waals surface area (Å²) in [5.41, 5.74) is 1.83. The van der Waals surface area contributed by atoms with E-state index in [4.69, 9.17) is 9.84 Å². The van der Waals surface area contributed by atoms with Crippen molar-refractivity contribution in [1.82, 2.24) is 4.90 Å². The third-order valence-electron chi connectivity index (χ3n) is 4.25. The number of carboxylic acids is 1. The summed E-state index contributed by atoms with van der Waals surface area (Å²) in [6, 6.07) is 13.9. The summed E-state index contributed by atoms with van der Waals surface area (Å²) >= 11 is 1.41. The molecule has 0 spiro atoms. The maximum atomic E-state index is 12.8. The molecule has 6 nitrogen and oxygen atoms in total. The van der Waals surface area contributed by atoms with E-state index in [0.29, 0.717) is 23.8 Å². The van der Waals surface area contributed by atoms with Crippen LogP contribution < -0.4 is 4.74 Å². The number of nitrogens with zero attached hydrogens (tertiary/aromatic N) is 2. The molecule has 3 rings (SSSR count). The van der Waals surface area contributed by atoms with Gasteiger partial charge in [-0.3, -0.25) is 9.69 Å². The first-order valence-corrected chi connectivity index (χ1v) is 9.53. The minimum Gasteiger partial charge on any atom is -0.497 e. The first-order chi connectivity index (χ1) is 13.5. The van der Waals surface area contributed by atoms with Crippen LogP contribution in [-0.4, -0.2) is 46.0 Å². The normalized spacial score (nSPS) is 17.8. The Morgan fingerprint density at radius 1 is 1.25 bits per heavy atom. The minimum absolute atomic E-state index is 0.0124. The lowest BCUT2D eigenvalue weighted by molar-refractivity contribution is -0.125. The summed E-state index contributed by atoms with van der Waals surface area (Å²) in [5.74, 6) is -0.228. The summed E-state index contributed by atoms with van der Waals surface area (Å²) in [5, 5.41) is 9.32. The Balaban J connectivity index is 1.80. The second-order valence-corrected chi connectivity index (χ2v) is 7.31. The van der Waals surface area contributed by atoms with Crippen LogP contribution in [0.15, 0.2) is 66.2 Å². The SMILES string of the molecule is C=CCN1C(=O)[C@@H](Cc2ccc(OC)cc2)SC1=Nc1ccc(C(=O)O)cc1. The number of benzene rings is 2. The molecule has 28 heavy (non-hydrogen) atoms. The maximum Gasteiger partial charge on any atom is 0.335 e. The first kappa shape index (κ1) is 19.7. The molecule has 1 aliphatic rings. The van der Waals surface area contributed by atoms with Gasteiger partial charge in [0.15, 0.2) is 5.17 Å². The summed E-state index contributed by atoms with van der Waals surface area (Å²) in [6.45, 7) is 4.09. The number of thioether (sulfide) groups is 1.